The average molecular weight is 158 g/mol. The van der Waals surface area contributed by atoms with E-state index >= 15 is 0 Å². The molecule has 1 aliphatic heterocycles. The summed E-state index contributed by atoms with van der Waals surface area (Å²) in [5.41, 5.74) is 0. The Kier molecular flexibility index (Phi) is 3.34. The van der Waals surface area contributed by atoms with Crippen LogP contribution in [0.1, 0.15) is 26.7 Å². The van der Waals surface area contributed by atoms with Crippen LogP contribution in [0.15, 0.2) is 0 Å². The SMILES string of the molecule is CCC(C)CC1COCC1O. The van der Waals surface area contributed by atoms with E-state index in [1.807, 2.05) is 0 Å². The molecular weight excluding hydrogens is 140 g/mol. The molecule has 0 saturated carbocycles. The van der Waals surface area contributed by atoms with Crippen molar-refractivity contribution < 1.29 is 9.84 Å². The Balaban J connectivity index is 2.24. The van der Waals surface area contributed by atoms with Gasteiger partial charge in [-0.1, -0.05) is 20.3 Å². The summed E-state index contributed by atoms with van der Waals surface area (Å²) in [6, 6.07) is 0. The standard InChI is InChI=1S/C9H18O2/c1-3-7(2)4-8-5-11-6-9(8)10/h7-10H,3-6H2,1-2H3. The molecule has 0 bridgehead atoms. The van der Waals surface area contributed by atoms with Gasteiger partial charge in [-0.2, -0.15) is 0 Å². The van der Waals surface area contributed by atoms with Crippen molar-refractivity contribution in [2.45, 2.75) is 32.8 Å². The monoisotopic (exact) mass is 158 g/mol. The Labute approximate surface area is 68.6 Å². The van der Waals surface area contributed by atoms with E-state index in [1.54, 1.807) is 0 Å². The van der Waals surface area contributed by atoms with Crippen LogP contribution in [0.4, 0.5) is 0 Å². The van der Waals surface area contributed by atoms with Crippen LogP contribution in [-0.2, 0) is 4.74 Å². The molecule has 1 N–H and O–H groups in total. The lowest BCUT2D eigenvalue weighted by atomic mass is 9.92. The van der Waals surface area contributed by atoms with Crippen LogP contribution >= 0.6 is 0 Å². The third-order valence-corrected chi connectivity index (χ3v) is 2.57. The largest absolute Gasteiger partial charge is 0.390 e. The van der Waals surface area contributed by atoms with Gasteiger partial charge < -0.3 is 9.84 Å². The summed E-state index contributed by atoms with van der Waals surface area (Å²) in [7, 11) is 0. The summed E-state index contributed by atoms with van der Waals surface area (Å²) < 4.78 is 5.16. The number of ether oxygens (including phenoxy) is 1. The summed E-state index contributed by atoms with van der Waals surface area (Å²) in [4.78, 5) is 0. The number of rotatable bonds is 3. The third kappa shape index (κ3) is 2.46. The first-order valence-corrected chi connectivity index (χ1v) is 4.49. The van der Waals surface area contributed by atoms with Gasteiger partial charge in [-0.15, -0.1) is 0 Å². The minimum Gasteiger partial charge on any atom is -0.390 e. The van der Waals surface area contributed by atoms with E-state index in [4.69, 9.17) is 4.74 Å². The number of hydrogen-bond donors (Lipinski definition) is 1. The minimum atomic E-state index is -0.205. The second-order valence-corrected chi connectivity index (χ2v) is 3.61. The van der Waals surface area contributed by atoms with E-state index < -0.39 is 0 Å². The molecule has 0 amide bonds. The maximum Gasteiger partial charge on any atom is 0.0823 e. The van der Waals surface area contributed by atoms with Crippen molar-refractivity contribution in [1.82, 2.24) is 0 Å². The first-order valence-electron chi connectivity index (χ1n) is 4.49. The lowest BCUT2D eigenvalue weighted by Crippen LogP contribution is -2.19. The highest BCUT2D eigenvalue weighted by Gasteiger charge is 2.26. The van der Waals surface area contributed by atoms with Crippen LogP contribution in [-0.4, -0.2) is 24.4 Å². The molecule has 2 nitrogen and oxygen atoms in total. The van der Waals surface area contributed by atoms with E-state index in [9.17, 15) is 5.11 Å². The van der Waals surface area contributed by atoms with E-state index in [0.717, 1.165) is 18.9 Å². The van der Waals surface area contributed by atoms with Gasteiger partial charge in [0.2, 0.25) is 0 Å². The highest BCUT2D eigenvalue weighted by Crippen LogP contribution is 2.22. The van der Waals surface area contributed by atoms with Gasteiger partial charge in [0.05, 0.1) is 19.3 Å². The minimum absolute atomic E-state index is 0.205. The molecule has 3 atom stereocenters. The molecule has 66 valence electrons. The highest BCUT2D eigenvalue weighted by atomic mass is 16.5. The molecule has 0 radical (unpaired) electrons. The molecule has 2 heteroatoms. The molecule has 1 fully saturated rings. The molecule has 0 aromatic carbocycles. The number of aliphatic hydroxyl groups is 1. The summed E-state index contributed by atoms with van der Waals surface area (Å²) in [5, 5.41) is 9.41. The van der Waals surface area contributed by atoms with Gasteiger partial charge in [0.25, 0.3) is 0 Å². The van der Waals surface area contributed by atoms with Gasteiger partial charge in [0.15, 0.2) is 0 Å². The molecule has 1 aliphatic rings. The average Bonchev–Trinajstić information content (AvgIpc) is 2.37. The van der Waals surface area contributed by atoms with Crippen LogP contribution in [0.25, 0.3) is 0 Å². The van der Waals surface area contributed by atoms with Crippen molar-refractivity contribution in [3.63, 3.8) is 0 Å². The Morgan fingerprint density at radius 3 is 2.73 bits per heavy atom. The van der Waals surface area contributed by atoms with Crippen molar-refractivity contribution in [2.75, 3.05) is 13.2 Å². The second kappa shape index (κ2) is 4.07. The Bertz CT molecular complexity index is 114. The summed E-state index contributed by atoms with van der Waals surface area (Å²) >= 11 is 0. The zero-order valence-electron chi connectivity index (χ0n) is 7.42. The normalized spacial score (nSPS) is 34.1. The molecule has 0 aromatic heterocycles. The van der Waals surface area contributed by atoms with E-state index in [-0.39, 0.29) is 6.10 Å². The Hall–Kier alpha value is -0.0800. The second-order valence-electron chi connectivity index (χ2n) is 3.61. The molecular formula is C9H18O2. The van der Waals surface area contributed by atoms with Crippen molar-refractivity contribution in [1.29, 1.82) is 0 Å². The van der Waals surface area contributed by atoms with Gasteiger partial charge in [-0.05, 0) is 12.3 Å². The fourth-order valence-electron chi connectivity index (χ4n) is 1.50. The topological polar surface area (TPSA) is 29.5 Å². The molecule has 1 rings (SSSR count). The first-order chi connectivity index (χ1) is 5.24. The smallest absolute Gasteiger partial charge is 0.0823 e. The van der Waals surface area contributed by atoms with Gasteiger partial charge in [-0.3, -0.25) is 0 Å². The van der Waals surface area contributed by atoms with Crippen molar-refractivity contribution >= 4 is 0 Å². The zero-order chi connectivity index (χ0) is 8.27. The fourth-order valence-corrected chi connectivity index (χ4v) is 1.50. The lowest BCUT2D eigenvalue weighted by molar-refractivity contribution is 0.114. The van der Waals surface area contributed by atoms with Gasteiger partial charge in [0.1, 0.15) is 0 Å². The molecule has 0 aromatic rings. The Morgan fingerprint density at radius 2 is 2.27 bits per heavy atom. The summed E-state index contributed by atoms with van der Waals surface area (Å²) in [5.74, 6) is 1.11. The summed E-state index contributed by atoms with van der Waals surface area (Å²) in [6.45, 7) is 5.71. The van der Waals surface area contributed by atoms with Gasteiger partial charge >= 0.3 is 0 Å². The quantitative estimate of drug-likeness (QED) is 0.673. The number of aliphatic hydroxyl groups excluding tert-OH is 1. The molecule has 0 aliphatic carbocycles. The molecule has 0 spiro atoms. The van der Waals surface area contributed by atoms with Gasteiger partial charge in [0, 0.05) is 5.92 Å². The van der Waals surface area contributed by atoms with Crippen LogP contribution in [0.3, 0.4) is 0 Å². The zero-order valence-corrected chi connectivity index (χ0v) is 7.42. The molecule has 1 saturated heterocycles. The Morgan fingerprint density at radius 1 is 1.55 bits per heavy atom. The molecule has 1 heterocycles. The predicted molar refractivity (Wildman–Crippen MR) is 44.4 cm³/mol. The van der Waals surface area contributed by atoms with E-state index in [0.29, 0.717) is 12.5 Å². The van der Waals surface area contributed by atoms with Crippen LogP contribution in [0.2, 0.25) is 0 Å². The fraction of sp³-hybridized carbons (Fsp3) is 1.00. The van der Waals surface area contributed by atoms with Crippen molar-refractivity contribution in [3.8, 4) is 0 Å². The molecule has 11 heavy (non-hydrogen) atoms. The maximum atomic E-state index is 9.41. The van der Waals surface area contributed by atoms with Crippen LogP contribution in [0, 0.1) is 11.8 Å². The highest BCUT2D eigenvalue weighted by molar-refractivity contribution is 4.75. The van der Waals surface area contributed by atoms with E-state index in [1.165, 1.54) is 6.42 Å². The van der Waals surface area contributed by atoms with Gasteiger partial charge in [-0.25, -0.2) is 0 Å². The number of hydrogen-bond acceptors (Lipinski definition) is 2. The third-order valence-electron chi connectivity index (χ3n) is 2.57. The van der Waals surface area contributed by atoms with Crippen molar-refractivity contribution in [3.05, 3.63) is 0 Å². The van der Waals surface area contributed by atoms with Crippen LogP contribution < -0.4 is 0 Å². The predicted octanol–water partition coefficient (Wildman–Crippen LogP) is 1.43. The summed E-state index contributed by atoms with van der Waals surface area (Å²) in [6.07, 6.45) is 2.10. The maximum absolute atomic E-state index is 9.41. The molecule has 3 unspecified atom stereocenters. The van der Waals surface area contributed by atoms with Crippen LogP contribution in [0.5, 0.6) is 0 Å². The van der Waals surface area contributed by atoms with E-state index in [2.05, 4.69) is 13.8 Å². The lowest BCUT2D eigenvalue weighted by Gasteiger charge is -2.15. The van der Waals surface area contributed by atoms with Crippen molar-refractivity contribution in [2.24, 2.45) is 11.8 Å². The first kappa shape index (κ1) is 9.01.